The average molecular weight is 371 g/mol. The zero-order valence-corrected chi connectivity index (χ0v) is 15.6. The molecule has 0 aliphatic heterocycles. The lowest BCUT2D eigenvalue weighted by molar-refractivity contribution is -0.112. The zero-order valence-electron chi connectivity index (χ0n) is 14.8. The number of aryl methyl sites for hydroxylation is 1. The van der Waals surface area contributed by atoms with E-state index in [2.05, 4.69) is 12.2 Å². The third kappa shape index (κ3) is 4.56. The van der Waals surface area contributed by atoms with Gasteiger partial charge in [-0.1, -0.05) is 30.7 Å². The molecule has 0 heterocycles. The Labute approximate surface area is 157 Å². The fourth-order valence-electron chi connectivity index (χ4n) is 2.32. The van der Waals surface area contributed by atoms with E-state index >= 15 is 0 Å². The number of amides is 1. The normalized spacial score (nSPS) is 10.8. The monoisotopic (exact) mass is 370 g/mol. The van der Waals surface area contributed by atoms with Crippen LogP contribution in [0.15, 0.2) is 42.0 Å². The van der Waals surface area contributed by atoms with Crippen LogP contribution < -0.4 is 14.8 Å². The Morgan fingerprint density at radius 1 is 1.19 bits per heavy atom. The lowest BCUT2D eigenvalue weighted by Gasteiger charge is -2.10. The SMILES string of the molecule is CCc1ccc(NC(=O)/C(C#N)=C/c2cc(Cl)c(OC)cc2OC)cc1. The second-order valence-electron chi connectivity index (χ2n) is 5.40. The van der Waals surface area contributed by atoms with Gasteiger partial charge in [0.25, 0.3) is 5.91 Å². The van der Waals surface area contributed by atoms with Crippen molar-refractivity contribution in [3.8, 4) is 17.6 Å². The Morgan fingerprint density at radius 2 is 1.85 bits per heavy atom. The number of carbonyl (C=O) groups is 1. The molecule has 5 nitrogen and oxygen atoms in total. The van der Waals surface area contributed by atoms with Crippen molar-refractivity contribution in [2.75, 3.05) is 19.5 Å². The molecule has 0 saturated heterocycles. The standard InChI is InChI=1S/C20H19ClN2O3/c1-4-13-5-7-16(8-6-13)23-20(24)15(12-22)9-14-10-17(21)19(26-3)11-18(14)25-2/h5-11H,4H2,1-3H3,(H,23,24)/b15-9+. The first-order chi connectivity index (χ1) is 12.5. The predicted octanol–water partition coefficient (Wildman–Crippen LogP) is 4.47. The third-order valence-electron chi connectivity index (χ3n) is 3.79. The highest BCUT2D eigenvalue weighted by atomic mass is 35.5. The molecular weight excluding hydrogens is 352 g/mol. The van der Waals surface area contributed by atoms with Crippen LogP contribution in [0, 0.1) is 11.3 Å². The van der Waals surface area contributed by atoms with Crippen LogP contribution >= 0.6 is 11.6 Å². The molecule has 0 aliphatic rings. The van der Waals surface area contributed by atoms with Crippen molar-refractivity contribution in [2.24, 2.45) is 0 Å². The van der Waals surface area contributed by atoms with Gasteiger partial charge in [0.15, 0.2) is 0 Å². The van der Waals surface area contributed by atoms with Gasteiger partial charge in [-0.3, -0.25) is 4.79 Å². The van der Waals surface area contributed by atoms with E-state index in [0.29, 0.717) is 27.8 Å². The molecule has 2 aromatic rings. The molecule has 0 atom stereocenters. The fraction of sp³-hybridized carbons (Fsp3) is 0.200. The molecule has 1 N–H and O–H groups in total. The number of ether oxygens (including phenoxy) is 2. The summed E-state index contributed by atoms with van der Waals surface area (Å²) < 4.78 is 10.4. The van der Waals surface area contributed by atoms with Crippen molar-refractivity contribution < 1.29 is 14.3 Å². The van der Waals surface area contributed by atoms with Gasteiger partial charge in [-0.05, 0) is 36.3 Å². The first-order valence-corrected chi connectivity index (χ1v) is 8.33. The maximum absolute atomic E-state index is 12.4. The Balaban J connectivity index is 2.30. The highest BCUT2D eigenvalue weighted by Gasteiger charge is 2.13. The van der Waals surface area contributed by atoms with E-state index in [-0.39, 0.29) is 5.57 Å². The van der Waals surface area contributed by atoms with Gasteiger partial charge in [-0.2, -0.15) is 5.26 Å². The first-order valence-electron chi connectivity index (χ1n) is 7.96. The number of halogens is 1. The van der Waals surface area contributed by atoms with E-state index in [1.54, 1.807) is 24.3 Å². The number of hydrogen-bond donors (Lipinski definition) is 1. The number of hydrogen-bond acceptors (Lipinski definition) is 4. The van der Waals surface area contributed by atoms with Crippen molar-refractivity contribution in [3.05, 3.63) is 58.1 Å². The molecule has 1 amide bonds. The molecule has 0 unspecified atom stereocenters. The number of anilines is 1. The van der Waals surface area contributed by atoms with E-state index < -0.39 is 5.91 Å². The first kappa shape index (κ1) is 19.4. The van der Waals surface area contributed by atoms with E-state index in [9.17, 15) is 10.1 Å². The van der Waals surface area contributed by atoms with Gasteiger partial charge in [0.05, 0.1) is 19.2 Å². The Kier molecular flexibility index (Phi) is 6.65. The highest BCUT2D eigenvalue weighted by molar-refractivity contribution is 6.32. The van der Waals surface area contributed by atoms with Gasteiger partial charge in [-0.15, -0.1) is 0 Å². The quantitative estimate of drug-likeness (QED) is 0.601. The van der Waals surface area contributed by atoms with Crippen molar-refractivity contribution in [2.45, 2.75) is 13.3 Å². The molecule has 26 heavy (non-hydrogen) atoms. The van der Waals surface area contributed by atoms with Crippen molar-refractivity contribution in [1.82, 2.24) is 0 Å². The number of benzene rings is 2. The molecule has 0 spiro atoms. The van der Waals surface area contributed by atoms with Crippen molar-refractivity contribution >= 4 is 29.3 Å². The number of nitrogens with zero attached hydrogens (tertiary/aromatic N) is 1. The third-order valence-corrected chi connectivity index (χ3v) is 4.08. The molecular formula is C20H19ClN2O3. The lowest BCUT2D eigenvalue weighted by atomic mass is 10.1. The highest BCUT2D eigenvalue weighted by Crippen LogP contribution is 2.33. The van der Waals surface area contributed by atoms with Gasteiger partial charge in [-0.25, -0.2) is 0 Å². The van der Waals surface area contributed by atoms with Crippen LogP contribution in [0.25, 0.3) is 6.08 Å². The molecule has 6 heteroatoms. The number of rotatable bonds is 6. The molecule has 0 radical (unpaired) electrons. The van der Waals surface area contributed by atoms with Crippen LogP contribution in [0.4, 0.5) is 5.69 Å². The smallest absolute Gasteiger partial charge is 0.266 e. The largest absolute Gasteiger partial charge is 0.496 e. The number of carbonyl (C=O) groups excluding carboxylic acids is 1. The van der Waals surface area contributed by atoms with Gasteiger partial charge >= 0.3 is 0 Å². The summed E-state index contributed by atoms with van der Waals surface area (Å²) in [7, 11) is 2.98. The van der Waals surface area contributed by atoms with E-state index in [1.165, 1.54) is 20.3 Å². The van der Waals surface area contributed by atoms with Crippen LogP contribution in [0.3, 0.4) is 0 Å². The molecule has 2 rings (SSSR count). The minimum atomic E-state index is -0.509. The van der Waals surface area contributed by atoms with E-state index in [1.807, 2.05) is 18.2 Å². The molecule has 134 valence electrons. The summed E-state index contributed by atoms with van der Waals surface area (Å²) in [6, 6.07) is 12.6. The number of nitrogens with one attached hydrogen (secondary N) is 1. The van der Waals surface area contributed by atoms with Gasteiger partial charge in [0, 0.05) is 17.3 Å². The van der Waals surface area contributed by atoms with Crippen molar-refractivity contribution in [1.29, 1.82) is 5.26 Å². The predicted molar refractivity (Wildman–Crippen MR) is 103 cm³/mol. The minimum absolute atomic E-state index is 0.0656. The molecule has 0 fully saturated rings. The summed E-state index contributed by atoms with van der Waals surface area (Å²) in [5.41, 5.74) is 2.22. The second-order valence-corrected chi connectivity index (χ2v) is 5.81. The van der Waals surface area contributed by atoms with Gasteiger partial charge < -0.3 is 14.8 Å². The van der Waals surface area contributed by atoms with Gasteiger partial charge in [0.2, 0.25) is 0 Å². The number of methoxy groups -OCH3 is 2. The summed E-state index contributed by atoms with van der Waals surface area (Å²) in [5, 5.41) is 12.4. The molecule has 0 aromatic heterocycles. The Hall–Kier alpha value is -2.97. The summed E-state index contributed by atoms with van der Waals surface area (Å²) in [6.07, 6.45) is 2.34. The lowest BCUT2D eigenvalue weighted by Crippen LogP contribution is -2.13. The van der Waals surface area contributed by atoms with Crippen LogP contribution in [0.5, 0.6) is 11.5 Å². The van der Waals surface area contributed by atoms with Crippen LogP contribution in [0.2, 0.25) is 5.02 Å². The Bertz CT molecular complexity index is 868. The zero-order chi connectivity index (χ0) is 19.1. The summed E-state index contributed by atoms with van der Waals surface area (Å²) in [6.45, 7) is 2.05. The molecule has 0 saturated carbocycles. The molecule has 2 aromatic carbocycles. The maximum atomic E-state index is 12.4. The summed E-state index contributed by atoms with van der Waals surface area (Å²) >= 11 is 6.13. The van der Waals surface area contributed by atoms with Gasteiger partial charge in [0.1, 0.15) is 23.1 Å². The average Bonchev–Trinajstić information content (AvgIpc) is 2.66. The molecule has 0 aliphatic carbocycles. The second kappa shape index (κ2) is 8.93. The minimum Gasteiger partial charge on any atom is -0.496 e. The topological polar surface area (TPSA) is 71.4 Å². The van der Waals surface area contributed by atoms with E-state index in [4.69, 9.17) is 21.1 Å². The Morgan fingerprint density at radius 3 is 2.38 bits per heavy atom. The maximum Gasteiger partial charge on any atom is 0.266 e. The van der Waals surface area contributed by atoms with Crippen LogP contribution in [0.1, 0.15) is 18.1 Å². The van der Waals surface area contributed by atoms with Crippen LogP contribution in [-0.2, 0) is 11.2 Å². The number of nitriles is 1. The summed E-state index contributed by atoms with van der Waals surface area (Å²) in [4.78, 5) is 12.4. The summed E-state index contributed by atoms with van der Waals surface area (Å²) in [5.74, 6) is 0.379. The van der Waals surface area contributed by atoms with E-state index in [0.717, 1.165) is 12.0 Å². The molecule has 0 bridgehead atoms. The van der Waals surface area contributed by atoms with Crippen LogP contribution in [-0.4, -0.2) is 20.1 Å². The fourth-order valence-corrected chi connectivity index (χ4v) is 2.57. The van der Waals surface area contributed by atoms with Crippen molar-refractivity contribution in [3.63, 3.8) is 0 Å².